The van der Waals surface area contributed by atoms with Crippen LogP contribution in [0, 0.1) is 46.3 Å². The smallest absolute Gasteiger partial charge is 0.335 e. The molecular formula is C69H85IN9O13W-. The number of H-pyrrole nitrogens is 1. The number of aromatic nitrogens is 1. The normalized spacial score (nSPS) is 19.3. The number of ether oxygens (including phenoxy) is 1. The van der Waals surface area contributed by atoms with Crippen LogP contribution in [0.25, 0.3) is 0 Å². The van der Waals surface area contributed by atoms with E-state index in [1.165, 1.54) is 30.5 Å². The van der Waals surface area contributed by atoms with Crippen molar-refractivity contribution < 1.29 is 79.2 Å². The van der Waals surface area contributed by atoms with Crippen molar-refractivity contribution in [3.63, 3.8) is 0 Å². The predicted octanol–water partition coefficient (Wildman–Crippen LogP) is 6.87. The average molecular weight is 1560 g/mol. The summed E-state index contributed by atoms with van der Waals surface area (Å²) in [6.45, 7) is 7.34. The molecule has 6 saturated heterocycles. The number of hydrogen-bond acceptors (Lipinski definition) is 13. The fourth-order valence-electron chi connectivity index (χ4n) is 10.3. The predicted molar refractivity (Wildman–Crippen MR) is 355 cm³/mol. The number of alkyl halides is 1. The first-order valence-corrected chi connectivity index (χ1v) is 32.2. The van der Waals surface area contributed by atoms with Crippen molar-refractivity contribution >= 4 is 75.9 Å². The molecule has 4 aromatic carbocycles. The van der Waals surface area contributed by atoms with Gasteiger partial charge in [-0.1, -0.05) is 144 Å². The second kappa shape index (κ2) is 44.1. The van der Waals surface area contributed by atoms with Crippen LogP contribution in [0.2, 0.25) is 0 Å². The number of pyridine rings is 1. The van der Waals surface area contributed by atoms with Gasteiger partial charge >= 0.3 is 17.9 Å². The fraction of sp³-hybridized carbons (Fsp3) is 0.406. The van der Waals surface area contributed by atoms with Crippen molar-refractivity contribution in [1.29, 1.82) is 5.26 Å². The number of nitriles is 1. The number of carboxylic acids is 2. The summed E-state index contributed by atoms with van der Waals surface area (Å²) < 4.78 is 4.52. The third-order valence-corrected chi connectivity index (χ3v) is 15.2. The first kappa shape index (κ1) is 80.6. The van der Waals surface area contributed by atoms with Gasteiger partial charge in [-0.2, -0.15) is 5.26 Å². The van der Waals surface area contributed by atoms with Crippen molar-refractivity contribution in [2.24, 2.45) is 28.4 Å². The van der Waals surface area contributed by atoms with Crippen molar-refractivity contribution in [2.45, 2.75) is 97.2 Å². The number of likely N-dealkylation sites (tertiary alicyclic amines) is 3. The number of aromatic carboxylic acids is 1. The van der Waals surface area contributed by atoms with E-state index >= 15 is 0 Å². The number of unbranched alkanes of at least 4 members (excludes halogenated alkanes) is 1. The van der Waals surface area contributed by atoms with Gasteiger partial charge in [-0.25, -0.2) is 4.79 Å². The number of halogens is 1. The Balaban J connectivity index is 0.000000372. The number of esters is 1. The second-order valence-electron chi connectivity index (χ2n) is 22.0. The molecule has 0 aliphatic carbocycles. The van der Waals surface area contributed by atoms with E-state index in [0.29, 0.717) is 84.5 Å². The maximum Gasteiger partial charge on any atom is 0.335 e. The number of nitrogens with zero attached hydrogens (tertiary/aromatic N) is 4. The Labute approximate surface area is 572 Å². The second-order valence-corrected chi connectivity index (χ2v) is 22.0. The largest absolute Gasteiger partial charge is 0.694 e. The van der Waals surface area contributed by atoms with Gasteiger partial charge in [0.1, 0.15) is 0 Å². The zero-order valence-corrected chi connectivity index (χ0v) is 58.2. The van der Waals surface area contributed by atoms with Gasteiger partial charge in [0.2, 0.25) is 41.0 Å². The summed E-state index contributed by atoms with van der Waals surface area (Å²) >= 11 is 2.15. The summed E-state index contributed by atoms with van der Waals surface area (Å²) in [5.41, 5.74) is 8.96. The van der Waals surface area contributed by atoms with Crippen LogP contribution in [0.1, 0.15) is 104 Å². The molecule has 5 aromatic rings. The first-order chi connectivity index (χ1) is 44.2. The Bertz CT molecular complexity index is 3300. The Morgan fingerprint density at radius 3 is 1.51 bits per heavy atom. The summed E-state index contributed by atoms with van der Waals surface area (Å²) in [5.74, 6) is -0.750. The fourth-order valence-corrected chi connectivity index (χ4v) is 10.3. The Morgan fingerprint density at radius 1 is 0.677 bits per heavy atom. The van der Waals surface area contributed by atoms with Gasteiger partial charge in [-0.05, 0) is 78.7 Å². The van der Waals surface area contributed by atoms with E-state index in [0.717, 1.165) is 49.4 Å². The summed E-state index contributed by atoms with van der Waals surface area (Å²) in [4.78, 5) is 121. The minimum atomic E-state index is -1.09. The molecule has 1 aromatic heterocycles. The molecule has 6 aliphatic rings. The van der Waals surface area contributed by atoms with E-state index in [1.807, 2.05) is 130 Å². The molecule has 11 rings (SSSR count). The number of methoxy groups -OCH3 is 1. The number of aliphatic carboxylic acids is 1. The topological polar surface area (TPSA) is 332 Å². The molecule has 24 heteroatoms. The number of aryl methyl sites for hydroxylation is 1. The molecule has 6 aliphatic heterocycles. The van der Waals surface area contributed by atoms with Crippen LogP contribution >= 0.6 is 22.6 Å². The molecule has 22 nitrogen and oxygen atoms in total. The van der Waals surface area contributed by atoms with Crippen molar-refractivity contribution in [1.82, 2.24) is 35.6 Å². The summed E-state index contributed by atoms with van der Waals surface area (Å²) in [6, 6.07) is 44.7. The van der Waals surface area contributed by atoms with E-state index in [1.54, 1.807) is 18.9 Å². The molecule has 6 fully saturated rings. The Hall–Kier alpha value is -8.51. The number of carboxylic acid groups (broad SMARTS) is 2. The summed E-state index contributed by atoms with van der Waals surface area (Å²) in [5, 5.41) is 33.1. The molecular weight excluding hydrogens is 1470 g/mol. The number of aromatic amines is 1. The summed E-state index contributed by atoms with van der Waals surface area (Å²) in [7, 11) is 3.15. The van der Waals surface area contributed by atoms with Crippen LogP contribution in [0.15, 0.2) is 144 Å². The zero-order chi connectivity index (χ0) is 67.9. The number of carbonyl (C=O) groups is 9. The van der Waals surface area contributed by atoms with Crippen LogP contribution in [0.4, 0.5) is 0 Å². The van der Waals surface area contributed by atoms with Gasteiger partial charge in [-0.15, -0.1) is 0 Å². The summed E-state index contributed by atoms with van der Waals surface area (Å²) in [6.07, 6.45) is 13.9. The molecule has 498 valence electrons. The first-order valence-electron chi connectivity index (χ1n) is 30.0. The van der Waals surface area contributed by atoms with E-state index in [4.69, 9.17) is 27.6 Å². The number of nitrogens with one attached hydrogen (secondary N) is 4. The molecule has 0 bridgehead atoms. The van der Waals surface area contributed by atoms with Crippen LogP contribution in [-0.2, 0) is 90.2 Å². The number of benzene rings is 4. The molecule has 0 radical (unpaired) electrons. The van der Waals surface area contributed by atoms with Crippen molar-refractivity contribution in [3.8, 4) is 12.0 Å². The third kappa shape index (κ3) is 28.5. The molecule has 7 heterocycles. The van der Waals surface area contributed by atoms with Gasteiger partial charge in [0.25, 0.3) is 0 Å². The van der Waals surface area contributed by atoms with Crippen LogP contribution in [-0.4, -0.2) is 142 Å². The Kier molecular flexibility index (Phi) is 38.2. The van der Waals surface area contributed by atoms with Crippen molar-refractivity contribution in [3.05, 3.63) is 184 Å². The van der Waals surface area contributed by atoms with Gasteiger partial charge in [0.15, 0.2) is 0 Å². The average Bonchev–Trinajstić information content (AvgIpc) is 0.756. The Morgan fingerprint density at radius 2 is 1.13 bits per heavy atom. The number of β-lactam (4-membered cyclic amide) rings is 2. The molecule has 8 N–H and O–H groups in total. The number of rotatable bonds is 11. The standard InChI is InChI=1S/C15H18N2O2.C14H16N2O2.C10H11N.C7H11NO3.C7H9N.C6H9NO3.C6H5NO3.C3H3.CH3I.W/c1-16-8-7-15(9-13(16)18)11-17(14(15)19)10-12-5-3-2-4-6-12;17-12-8-14(6-7-15-12)10-16(13(14)18)9-11-4-2-1-3-5-11;11-9-5-4-8-10-6-2-1-3-7-10;1-11-7(10)5-2-3-8-6(9)4-5;8-6-7-4-2-1-3-5-7;2*8-5-3-4(6(9)10)1-2-7-5;1-3-2;1-2;/h2-6H,7-11H2,1H3;1-5H,6-10H2,(H,15,17);1-3,6-7H,4-5,8H2;5H,2-4H2,1H3,(H,8,9);1-5H,6,8H2;4H,1-3H2,(H,7,8)(H,9,10);1-3H,(H,7,8)(H,9,10);1H3;1H3;/q;;;;;;;-1;;. The van der Waals surface area contributed by atoms with Crippen LogP contribution in [0.3, 0.4) is 0 Å². The zero-order valence-electron chi connectivity index (χ0n) is 53.1. The number of hydrogen-bond donors (Lipinski definition) is 7. The quantitative estimate of drug-likeness (QED) is 0.0135. The third-order valence-electron chi connectivity index (χ3n) is 15.2. The van der Waals surface area contributed by atoms with Crippen molar-refractivity contribution in [2.75, 3.05) is 58.4 Å². The van der Waals surface area contributed by atoms with Gasteiger partial charge < -0.3 is 68.7 Å². The number of carbonyl (C=O) groups excluding carboxylic acids is 7. The monoisotopic (exact) mass is 1560 g/mol. The van der Waals surface area contributed by atoms with Crippen LogP contribution < -0.4 is 27.2 Å². The maximum atomic E-state index is 12.4. The van der Waals surface area contributed by atoms with Gasteiger partial charge in [0, 0.05) is 131 Å². The minimum Gasteiger partial charge on any atom is -0.694 e. The number of amides is 6. The maximum absolute atomic E-state index is 12.4. The van der Waals surface area contributed by atoms with E-state index in [-0.39, 0.29) is 86.8 Å². The molecule has 4 atom stereocenters. The number of piperidine rings is 4. The van der Waals surface area contributed by atoms with E-state index in [9.17, 15) is 47.9 Å². The van der Waals surface area contributed by atoms with E-state index in [2.05, 4.69) is 66.5 Å². The van der Waals surface area contributed by atoms with E-state index < -0.39 is 34.2 Å². The molecule has 93 heavy (non-hydrogen) atoms. The molecule has 4 unspecified atom stereocenters. The minimum absolute atomic E-state index is 0. The molecule has 6 amide bonds. The molecule has 2 spiro atoms. The number of nitrogens with two attached hydrogens (primary N) is 1. The van der Waals surface area contributed by atoms with Gasteiger partial charge in [0.05, 0.1) is 41.4 Å². The van der Waals surface area contributed by atoms with Gasteiger partial charge in [-0.3, -0.25) is 43.2 Å². The SMILES string of the molecule is CI.CN1CCC2(CC1=O)CN(Cc1ccccc1)C2=O.COC(=O)C1CCNC(=O)C1.N#CCCCc1ccccc1.NCc1ccccc1.O=C(O)c1cc[nH]c(=O)c1.O=C1CC(C(=O)O)CCN1.O=C1CC2(CCN1)CN(Cc1ccccc1)C2=O.[C-]#CC.[W]. The van der Waals surface area contributed by atoms with Crippen LogP contribution in [0.5, 0.6) is 0 Å². The molecule has 0 saturated carbocycles.